The van der Waals surface area contributed by atoms with Crippen molar-refractivity contribution in [3.05, 3.63) is 71.3 Å². The zero-order valence-electron chi connectivity index (χ0n) is 16.4. The van der Waals surface area contributed by atoms with Crippen molar-refractivity contribution in [1.29, 1.82) is 0 Å². The molecule has 0 aliphatic carbocycles. The Morgan fingerprint density at radius 3 is 2.44 bits per heavy atom. The highest BCUT2D eigenvalue weighted by Crippen LogP contribution is 2.15. The molecule has 27 heavy (non-hydrogen) atoms. The van der Waals surface area contributed by atoms with Gasteiger partial charge in [-0.15, -0.1) is 0 Å². The highest BCUT2D eigenvalue weighted by atomic mass is 16.5. The van der Waals surface area contributed by atoms with Crippen molar-refractivity contribution in [2.24, 2.45) is 0 Å². The topological polar surface area (TPSA) is 32.8 Å². The molecule has 2 aromatic carbocycles. The maximum Gasteiger partial charge on any atom is 0.227 e. The van der Waals surface area contributed by atoms with Crippen molar-refractivity contribution >= 4 is 5.91 Å². The first-order chi connectivity index (χ1) is 13.1. The summed E-state index contributed by atoms with van der Waals surface area (Å²) in [6.07, 6.45) is 0.451. The lowest BCUT2D eigenvalue weighted by Gasteiger charge is -2.35. The predicted octanol–water partition coefficient (Wildman–Crippen LogP) is 3.29. The molecule has 1 atom stereocenters. The van der Waals surface area contributed by atoms with Gasteiger partial charge in [0.25, 0.3) is 0 Å². The second-order valence-corrected chi connectivity index (χ2v) is 7.37. The van der Waals surface area contributed by atoms with Crippen LogP contribution in [0.1, 0.15) is 23.6 Å². The summed E-state index contributed by atoms with van der Waals surface area (Å²) in [6.45, 7) is 9.21. The lowest BCUT2D eigenvalue weighted by atomic mass is 10.0. The molecule has 1 heterocycles. The average molecular weight is 367 g/mol. The van der Waals surface area contributed by atoms with Gasteiger partial charge in [0.05, 0.1) is 19.6 Å². The molecule has 1 unspecified atom stereocenters. The van der Waals surface area contributed by atoms with Crippen molar-refractivity contribution in [1.82, 2.24) is 9.80 Å². The van der Waals surface area contributed by atoms with Crippen LogP contribution in [0.15, 0.2) is 54.6 Å². The molecule has 1 saturated heterocycles. The van der Waals surface area contributed by atoms with Crippen LogP contribution < -0.4 is 0 Å². The first-order valence-corrected chi connectivity index (χ1v) is 9.81. The summed E-state index contributed by atoms with van der Waals surface area (Å²) in [4.78, 5) is 17.7. The second kappa shape index (κ2) is 9.67. The Balaban J connectivity index is 1.73. The molecule has 1 amide bonds. The lowest BCUT2D eigenvalue weighted by Crippen LogP contribution is -2.48. The Labute approximate surface area is 162 Å². The Bertz CT molecular complexity index is 726. The molecule has 1 aliphatic heterocycles. The van der Waals surface area contributed by atoms with Crippen molar-refractivity contribution in [3.63, 3.8) is 0 Å². The van der Waals surface area contributed by atoms with E-state index in [1.54, 1.807) is 0 Å². The summed E-state index contributed by atoms with van der Waals surface area (Å²) in [7, 11) is 0. The minimum Gasteiger partial charge on any atom is -0.379 e. The summed E-state index contributed by atoms with van der Waals surface area (Å²) >= 11 is 0. The highest BCUT2D eigenvalue weighted by Gasteiger charge is 2.24. The van der Waals surface area contributed by atoms with Crippen LogP contribution in [0.2, 0.25) is 0 Å². The quantitative estimate of drug-likeness (QED) is 0.754. The van der Waals surface area contributed by atoms with Crippen LogP contribution in [0.3, 0.4) is 0 Å². The first-order valence-electron chi connectivity index (χ1n) is 9.81. The van der Waals surface area contributed by atoms with Crippen LogP contribution >= 0.6 is 0 Å². The highest BCUT2D eigenvalue weighted by molar-refractivity contribution is 5.79. The summed E-state index contributed by atoms with van der Waals surface area (Å²) in [6, 6.07) is 18.6. The number of rotatable bonds is 7. The normalized spacial score (nSPS) is 16.1. The number of carbonyl (C=O) groups excluding carboxylic acids is 1. The van der Waals surface area contributed by atoms with E-state index < -0.39 is 0 Å². The fourth-order valence-corrected chi connectivity index (χ4v) is 3.60. The van der Waals surface area contributed by atoms with E-state index in [0.717, 1.165) is 38.4 Å². The SMILES string of the molecule is Cc1ccccc1CC(=O)N(Cc1ccccc1)C(C)CN1CCOCC1. The zero-order valence-corrected chi connectivity index (χ0v) is 16.4. The van der Waals surface area contributed by atoms with Gasteiger partial charge in [0.1, 0.15) is 0 Å². The largest absolute Gasteiger partial charge is 0.379 e. The van der Waals surface area contributed by atoms with E-state index in [1.165, 1.54) is 11.1 Å². The minimum absolute atomic E-state index is 0.153. The van der Waals surface area contributed by atoms with Crippen molar-refractivity contribution in [2.75, 3.05) is 32.8 Å². The van der Waals surface area contributed by atoms with Crippen LogP contribution in [0.25, 0.3) is 0 Å². The van der Waals surface area contributed by atoms with E-state index >= 15 is 0 Å². The molecule has 3 rings (SSSR count). The van der Waals surface area contributed by atoms with Gasteiger partial charge in [0.15, 0.2) is 0 Å². The van der Waals surface area contributed by atoms with E-state index in [9.17, 15) is 4.79 Å². The first kappa shape index (κ1) is 19.6. The fourth-order valence-electron chi connectivity index (χ4n) is 3.60. The maximum atomic E-state index is 13.2. The number of hydrogen-bond acceptors (Lipinski definition) is 3. The van der Waals surface area contributed by atoms with Gasteiger partial charge in [-0.3, -0.25) is 9.69 Å². The van der Waals surface area contributed by atoms with Gasteiger partial charge in [-0.05, 0) is 30.5 Å². The van der Waals surface area contributed by atoms with Crippen LogP contribution in [-0.4, -0.2) is 54.6 Å². The molecule has 1 aliphatic rings. The average Bonchev–Trinajstić information content (AvgIpc) is 2.69. The number of nitrogens with zero attached hydrogens (tertiary/aromatic N) is 2. The van der Waals surface area contributed by atoms with E-state index in [4.69, 9.17) is 4.74 Å². The van der Waals surface area contributed by atoms with Crippen molar-refractivity contribution in [2.45, 2.75) is 32.9 Å². The number of carbonyl (C=O) groups is 1. The molecule has 0 saturated carbocycles. The van der Waals surface area contributed by atoms with Gasteiger partial charge in [0.2, 0.25) is 5.91 Å². The summed E-state index contributed by atoms with van der Waals surface area (Å²) in [5.41, 5.74) is 3.45. The van der Waals surface area contributed by atoms with Crippen molar-refractivity contribution < 1.29 is 9.53 Å². The van der Waals surface area contributed by atoms with Gasteiger partial charge >= 0.3 is 0 Å². The third-order valence-electron chi connectivity index (χ3n) is 5.28. The molecule has 0 bridgehead atoms. The molecule has 0 aromatic heterocycles. The zero-order chi connectivity index (χ0) is 19.1. The molecule has 0 spiro atoms. The molecule has 0 radical (unpaired) electrons. The number of hydrogen-bond donors (Lipinski definition) is 0. The second-order valence-electron chi connectivity index (χ2n) is 7.37. The Morgan fingerprint density at radius 1 is 1.07 bits per heavy atom. The molecular formula is C23H30N2O2. The smallest absolute Gasteiger partial charge is 0.227 e. The van der Waals surface area contributed by atoms with Gasteiger partial charge < -0.3 is 9.64 Å². The Kier molecular flexibility index (Phi) is 7.02. The Hall–Kier alpha value is -2.17. The summed E-state index contributed by atoms with van der Waals surface area (Å²) in [5.74, 6) is 0.189. The molecular weight excluding hydrogens is 336 g/mol. The molecule has 2 aromatic rings. The van der Waals surface area contributed by atoms with Crippen molar-refractivity contribution in [3.8, 4) is 0 Å². The number of amides is 1. The van der Waals surface area contributed by atoms with Gasteiger partial charge in [-0.1, -0.05) is 54.6 Å². The summed E-state index contributed by atoms with van der Waals surface area (Å²) < 4.78 is 5.45. The molecule has 1 fully saturated rings. The number of ether oxygens (including phenoxy) is 1. The molecule has 144 valence electrons. The van der Waals surface area contributed by atoms with E-state index in [-0.39, 0.29) is 11.9 Å². The number of aryl methyl sites for hydroxylation is 1. The van der Waals surface area contributed by atoms with E-state index in [1.807, 2.05) is 35.2 Å². The fraction of sp³-hybridized carbons (Fsp3) is 0.435. The third kappa shape index (κ3) is 5.65. The van der Waals surface area contributed by atoms with Gasteiger partial charge in [-0.25, -0.2) is 0 Å². The lowest BCUT2D eigenvalue weighted by molar-refractivity contribution is -0.133. The van der Waals surface area contributed by atoms with Crippen LogP contribution in [0.5, 0.6) is 0 Å². The minimum atomic E-state index is 0.153. The molecule has 4 nitrogen and oxygen atoms in total. The molecule has 4 heteroatoms. The Morgan fingerprint density at radius 2 is 1.74 bits per heavy atom. The third-order valence-corrected chi connectivity index (χ3v) is 5.28. The van der Waals surface area contributed by atoms with E-state index in [2.05, 4.69) is 43.0 Å². The summed E-state index contributed by atoms with van der Waals surface area (Å²) in [5, 5.41) is 0. The standard InChI is InChI=1S/C23H30N2O2/c1-19-8-6-7-11-22(19)16-23(26)25(18-21-9-4-3-5-10-21)20(2)17-24-12-14-27-15-13-24/h3-11,20H,12-18H2,1-2H3. The maximum absolute atomic E-state index is 13.2. The number of benzene rings is 2. The van der Waals surface area contributed by atoms with Crippen LogP contribution in [0, 0.1) is 6.92 Å². The van der Waals surface area contributed by atoms with Gasteiger partial charge in [0, 0.05) is 32.2 Å². The van der Waals surface area contributed by atoms with Crippen LogP contribution in [-0.2, 0) is 22.5 Å². The van der Waals surface area contributed by atoms with E-state index in [0.29, 0.717) is 13.0 Å². The van der Waals surface area contributed by atoms with Crippen LogP contribution in [0.4, 0.5) is 0 Å². The monoisotopic (exact) mass is 366 g/mol. The van der Waals surface area contributed by atoms with Gasteiger partial charge in [-0.2, -0.15) is 0 Å². The number of morpholine rings is 1. The predicted molar refractivity (Wildman–Crippen MR) is 109 cm³/mol. The molecule has 0 N–H and O–H groups in total.